The van der Waals surface area contributed by atoms with Gasteiger partial charge in [-0.15, -0.1) is 0 Å². The van der Waals surface area contributed by atoms with E-state index in [9.17, 15) is 4.79 Å². The summed E-state index contributed by atoms with van der Waals surface area (Å²) >= 11 is 0. The quantitative estimate of drug-likeness (QED) is 0.905. The number of carboxylic acids is 1. The number of ether oxygens (including phenoxy) is 1. The van der Waals surface area contributed by atoms with Crippen LogP contribution >= 0.6 is 0 Å². The van der Waals surface area contributed by atoms with Gasteiger partial charge in [-0.05, 0) is 12.8 Å². The summed E-state index contributed by atoms with van der Waals surface area (Å²) in [4.78, 5) is 15.5. The molecule has 5 heteroatoms. The summed E-state index contributed by atoms with van der Waals surface area (Å²) in [6, 6.07) is 0. The van der Waals surface area contributed by atoms with Crippen molar-refractivity contribution in [1.29, 1.82) is 0 Å². The number of carboxylic acid groups (broad SMARTS) is 1. The largest absolute Gasteiger partial charge is 0.475 e. The Morgan fingerprint density at radius 3 is 2.53 bits per heavy atom. The molecule has 106 valence electrons. The Kier molecular flexibility index (Phi) is 4.96. The van der Waals surface area contributed by atoms with E-state index in [0.717, 1.165) is 25.7 Å². The molecule has 1 saturated carbocycles. The maximum atomic E-state index is 11.1. The van der Waals surface area contributed by atoms with Gasteiger partial charge in [-0.25, -0.2) is 9.78 Å². The molecule has 0 aromatic carbocycles. The predicted molar refractivity (Wildman–Crippen MR) is 69.2 cm³/mol. The molecule has 1 heterocycles. The van der Waals surface area contributed by atoms with Crippen molar-refractivity contribution in [2.75, 3.05) is 7.11 Å². The molecular weight excluding hydrogens is 246 g/mol. The van der Waals surface area contributed by atoms with Gasteiger partial charge in [0.2, 0.25) is 5.76 Å². The molecule has 19 heavy (non-hydrogen) atoms. The zero-order valence-electron chi connectivity index (χ0n) is 11.4. The van der Waals surface area contributed by atoms with Crippen LogP contribution in [-0.2, 0) is 11.3 Å². The highest BCUT2D eigenvalue weighted by molar-refractivity contribution is 5.85. The van der Waals surface area contributed by atoms with Gasteiger partial charge < -0.3 is 14.3 Å². The van der Waals surface area contributed by atoms with Crippen LogP contribution in [0.3, 0.4) is 0 Å². The molecule has 1 fully saturated rings. The molecule has 5 nitrogen and oxygen atoms in total. The summed E-state index contributed by atoms with van der Waals surface area (Å²) < 4.78 is 10.5. The van der Waals surface area contributed by atoms with E-state index in [4.69, 9.17) is 14.3 Å². The monoisotopic (exact) mass is 267 g/mol. The Bertz CT molecular complexity index is 419. The second kappa shape index (κ2) is 6.70. The molecule has 0 bridgehead atoms. The highest BCUT2D eigenvalue weighted by atomic mass is 16.5. The number of carbonyl (C=O) groups is 1. The van der Waals surface area contributed by atoms with Crippen molar-refractivity contribution in [3.63, 3.8) is 0 Å². The van der Waals surface area contributed by atoms with E-state index in [-0.39, 0.29) is 18.3 Å². The van der Waals surface area contributed by atoms with Crippen LogP contribution < -0.4 is 0 Å². The first kappa shape index (κ1) is 14.1. The lowest BCUT2D eigenvalue weighted by Crippen LogP contribution is -2.03. The Balaban J connectivity index is 2.17. The van der Waals surface area contributed by atoms with Crippen LogP contribution in [0.2, 0.25) is 0 Å². The van der Waals surface area contributed by atoms with Crippen molar-refractivity contribution < 1.29 is 19.1 Å². The summed E-state index contributed by atoms with van der Waals surface area (Å²) in [5.74, 6) is -0.314. The number of methoxy groups -OCH3 is 1. The normalized spacial score (nSPS) is 17.9. The Labute approximate surface area is 113 Å². The van der Waals surface area contributed by atoms with Crippen LogP contribution in [0.5, 0.6) is 0 Å². The van der Waals surface area contributed by atoms with Crippen LogP contribution in [0.1, 0.15) is 73.0 Å². The van der Waals surface area contributed by atoms with E-state index >= 15 is 0 Å². The third-order valence-corrected chi connectivity index (χ3v) is 3.64. The van der Waals surface area contributed by atoms with Gasteiger partial charge in [0.05, 0.1) is 6.61 Å². The number of aromatic nitrogens is 1. The molecule has 0 amide bonds. The van der Waals surface area contributed by atoms with Gasteiger partial charge in [-0.2, -0.15) is 0 Å². The minimum absolute atomic E-state index is 0.0705. The third kappa shape index (κ3) is 3.56. The summed E-state index contributed by atoms with van der Waals surface area (Å²) in [5.41, 5.74) is 0.395. The number of oxazole rings is 1. The van der Waals surface area contributed by atoms with Gasteiger partial charge in [-0.3, -0.25) is 0 Å². The number of aromatic carboxylic acids is 1. The molecule has 0 unspecified atom stereocenters. The minimum atomic E-state index is -1.07. The van der Waals surface area contributed by atoms with Crippen LogP contribution in [0.15, 0.2) is 4.42 Å². The number of rotatable bonds is 4. The van der Waals surface area contributed by atoms with Gasteiger partial charge >= 0.3 is 5.97 Å². The van der Waals surface area contributed by atoms with Crippen LogP contribution in [0.25, 0.3) is 0 Å². The average molecular weight is 267 g/mol. The highest BCUT2D eigenvalue weighted by Crippen LogP contribution is 2.31. The summed E-state index contributed by atoms with van der Waals surface area (Å²) in [6.45, 7) is 0.178. The van der Waals surface area contributed by atoms with Gasteiger partial charge in [0.1, 0.15) is 5.69 Å². The smallest absolute Gasteiger partial charge is 0.373 e. The molecule has 0 radical (unpaired) electrons. The lowest BCUT2D eigenvalue weighted by atomic mass is 9.91. The number of hydrogen-bond acceptors (Lipinski definition) is 4. The SMILES string of the molecule is COCc1nc(C2CCCCCCC2)oc1C(=O)O. The molecule has 1 aromatic rings. The summed E-state index contributed by atoms with van der Waals surface area (Å²) in [6.07, 6.45) is 8.18. The number of nitrogens with zero attached hydrogens (tertiary/aromatic N) is 1. The van der Waals surface area contributed by atoms with E-state index in [1.54, 1.807) is 0 Å². The standard InChI is InChI=1S/C14H21NO4/c1-18-9-11-12(14(16)17)19-13(15-11)10-7-5-3-2-4-6-8-10/h10H,2-9H2,1H3,(H,16,17). The van der Waals surface area contributed by atoms with Crippen molar-refractivity contribution in [1.82, 2.24) is 4.98 Å². The lowest BCUT2D eigenvalue weighted by Gasteiger charge is -2.16. The molecule has 1 aliphatic carbocycles. The van der Waals surface area contributed by atoms with Crippen molar-refractivity contribution >= 4 is 5.97 Å². The first-order valence-electron chi connectivity index (χ1n) is 6.94. The fourth-order valence-corrected chi connectivity index (χ4v) is 2.65. The van der Waals surface area contributed by atoms with Gasteiger partial charge in [0.15, 0.2) is 5.89 Å². The molecular formula is C14H21NO4. The fourth-order valence-electron chi connectivity index (χ4n) is 2.65. The maximum absolute atomic E-state index is 11.1. The first-order chi connectivity index (χ1) is 9.22. The van der Waals surface area contributed by atoms with Crippen LogP contribution in [-0.4, -0.2) is 23.2 Å². The minimum Gasteiger partial charge on any atom is -0.475 e. The molecule has 1 aliphatic rings. The predicted octanol–water partition coefficient (Wildman–Crippen LogP) is 3.35. The average Bonchev–Trinajstić information content (AvgIpc) is 2.73. The molecule has 0 aliphatic heterocycles. The second-order valence-electron chi connectivity index (χ2n) is 5.11. The molecule has 2 rings (SSSR count). The third-order valence-electron chi connectivity index (χ3n) is 3.64. The zero-order chi connectivity index (χ0) is 13.7. The molecule has 0 saturated heterocycles. The van der Waals surface area contributed by atoms with E-state index in [1.165, 1.54) is 26.4 Å². The van der Waals surface area contributed by atoms with Crippen LogP contribution in [0.4, 0.5) is 0 Å². The van der Waals surface area contributed by atoms with Gasteiger partial charge in [-0.1, -0.05) is 32.1 Å². The first-order valence-corrected chi connectivity index (χ1v) is 6.94. The fraction of sp³-hybridized carbons (Fsp3) is 0.714. The Morgan fingerprint density at radius 1 is 1.32 bits per heavy atom. The number of hydrogen-bond donors (Lipinski definition) is 1. The molecule has 1 N–H and O–H groups in total. The maximum Gasteiger partial charge on any atom is 0.373 e. The highest BCUT2D eigenvalue weighted by Gasteiger charge is 2.24. The van der Waals surface area contributed by atoms with E-state index in [0.29, 0.717) is 11.6 Å². The topological polar surface area (TPSA) is 72.6 Å². The van der Waals surface area contributed by atoms with Crippen molar-refractivity contribution in [3.05, 3.63) is 17.3 Å². The Morgan fingerprint density at radius 2 is 1.95 bits per heavy atom. The van der Waals surface area contributed by atoms with Crippen molar-refractivity contribution in [2.45, 2.75) is 57.5 Å². The molecule has 0 spiro atoms. The van der Waals surface area contributed by atoms with E-state index < -0.39 is 5.97 Å². The summed E-state index contributed by atoms with van der Waals surface area (Å²) in [7, 11) is 1.52. The van der Waals surface area contributed by atoms with Crippen LogP contribution in [0, 0.1) is 0 Å². The van der Waals surface area contributed by atoms with Gasteiger partial charge in [0, 0.05) is 13.0 Å². The Hall–Kier alpha value is -1.36. The second-order valence-corrected chi connectivity index (χ2v) is 5.11. The lowest BCUT2D eigenvalue weighted by molar-refractivity contribution is 0.0652. The molecule has 0 atom stereocenters. The molecule has 1 aromatic heterocycles. The van der Waals surface area contributed by atoms with E-state index in [1.807, 2.05) is 0 Å². The van der Waals surface area contributed by atoms with Gasteiger partial charge in [0.25, 0.3) is 0 Å². The zero-order valence-corrected chi connectivity index (χ0v) is 11.4. The van der Waals surface area contributed by atoms with Crippen molar-refractivity contribution in [2.24, 2.45) is 0 Å². The summed E-state index contributed by atoms with van der Waals surface area (Å²) in [5, 5.41) is 9.12. The van der Waals surface area contributed by atoms with Crippen molar-refractivity contribution in [3.8, 4) is 0 Å². The van der Waals surface area contributed by atoms with E-state index in [2.05, 4.69) is 4.98 Å².